The minimum Gasteiger partial charge on any atom is -0.466 e. The maximum atomic E-state index is 12.5. The Labute approximate surface area is 442 Å². The molecule has 416 valence electrons. The van der Waals surface area contributed by atoms with E-state index in [-0.39, 0.29) is 18.5 Å². The number of aliphatic hydroxyl groups is 2. The highest BCUT2D eigenvalue weighted by molar-refractivity contribution is 5.76. The van der Waals surface area contributed by atoms with E-state index in [1.54, 1.807) is 6.08 Å². The fourth-order valence-electron chi connectivity index (χ4n) is 9.47. The lowest BCUT2D eigenvalue weighted by atomic mass is 10.0. The molecule has 6 heteroatoms. The van der Waals surface area contributed by atoms with Crippen LogP contribution in [-0.2, 0) is 14.3 Å². The lowest BCUT2D eigenvalue weighted by Gasteiger charge is -2.20. The molecule has 0 heterocycles. The Morgan fingerprint density at radius 3 is 1.13 bits per heavy atom. The van der Waals surface area contributed by atoms with Crippen LogP contribution in [0.1, 0.15) is 328 Å². The van der Waals surface area contributed by atoms with Crippen LogP contribution in [0, 0.1) is 0 Å². The maximum absolute atomic E-state index is 12.5. The molecule has 0 spiro atoms. The van der Waals surface area contributed by atoms with E-state index < -0.39 is 12.1 Å². The molecule has 0 rings (SSSR count). The Morgan fingerprint density at radius 1 is 0.394 bits per heavy atom. The summed E-state index contributed by atoms with van der Waals surface area (Å²) < 4.78 is 5.47. The van der Waals surface area contributed by atoms with Crippen LogP contribution in [0.3, 0.4) is 0 Å². The molecule has 0 aliphatic heterocycles. The number of nitrogens with one attached hydrogen (secondary N) is 1. The molecule has 0 radical (unpaired) electrons. The van der Waals surface area contributed by atoms with Gasteiger partial charge in [0.15, 0.2) is 0 Å². The van der Waals surface area contributed by atoms with Gasteiger partial charge in [0.05, 0.1) is 25.4 Å². The molecular formula is C65H121NO5. The zero-order valence-electron chi connectivity index (χ0n) is 47.5. The lowest BCUT2D eigenvalue weighted by molar-refractivity contribution is -0.143. The monoisotopic (exact) mass is 996 g/mol. The molecule has 0 aromatic rings. The van der Waals surface area contributed by atoms with Crippen LogP contribution in [0.5, 0.6) is 0 Å². The average molecular weight is 997 g/mol. The standard InChI is InChI=1S/C65H121NO5/c1-3-5-7-9-11-13-15-17-30-33-37-41-45-49-53-57-63(68)62(61-67)66-64(69)58-54-50-46-42-38-34-31-28-26-24-22-20-19-21-23-25-27-29-32-36-40-44-48-52-56-60-71-65(70)59-55-51-47-43-39-35-18-16-14-12-10-8-6-4-2/h10,12,16,18,20,22,53,57,62-63,67-68H,3-9,11,13-15,17,19,21,23-52,54-56,58-61H2,1-2H3,(H,66,69)/b12-10-,18-16-,22-20-,57-53+. The van der Waals surface area contributed by atoms with Crippen LogP contribution in [0.4, 0.5) is 0 Å². The van der Waals surface area contributed by atoms with Gasteiger partial charge in [-0.05, 0) is 83.5 Å². The highest BCUT2D eigenvalue weighted by Gasteiger charge is 2.18. The molecule has 0 fully saturated rings. The molecule has 1 amide bonds. The Hall–Kier alpha value is -2.18. The molecule has 0 aliphatic carbocycles. The first kappa shape index (κ1) is 68.8. The molecule has 0 saturated carbocycles. The number of unbranched alkanes of at least 4 members (excludes halogenated alkanes) is 41. The fourth-order valence-corrected chi connectivity index (χ4v) is 9.47. The summed E-state index contributed by atoms with van der Waals surface area (Å²) in [5.41, 5.74) is 0. The first-order valence-electron chi connectivity index (χ1n) is 31.4. The highest BCUT2D eigenvalue weighted by atomic mass is 16.5. The molecule has 71 heavy (non-hydrogen) atoms. The van der Waals surface area contributed by atoms with Gasteiger partial charge >= 0.3 is 5.97 Å². The van der Waals surface area contributed by atoms with Crippen molar-refractivity contribution in [3.05, 3.63) is 48.6 Å². The summed E-state index contributed by atoms with van der Waals surface area (Å²) in [6.45, 7) is 4.86. The smallest absolute Gasteiger partial charge is 0.305 e. The van der Waals surface area contributed by atoms with Crippen molar-refractivity contribution < 1.29 is 24.5 Å². The third kappa shape index (κ3) is 57.0. The average Bonchev–Trinajstić information content (AvgIpc) is 3.37. The van der Waals surface area contributed by atoms with Crippen LogP contribution in [-0.4, -0.2) is 47.4 Å². The molecule has 0 bridgehead atoms. The van der Waals surface area contributed by atoms with Crippen molar-refractivity contribution in [3.63, 3.8) is 0 Å². The van der Waals surface area contributed by atoms with Crippen molar-refractivity contribution in [2.24, 2.45) is 0 Å². The Kier molecular flexibility index (Phi) is 58.5. The van der Waals surface area contributed by atoms with E-state index in [0.717, 1.165) is 51.4 Å². The van der Waals surface area contributed by atoms with Gasteiger partial charge in [-0.3, -0.25) is 9.59 Å². The Balaban J connectivity index is 3.43. The topological polar surface area (TPSA) is 95.9 Å². The second-order valence-electron chi connectivity index (χ2n) is 21.4. The van der Waals surface area contributed by atoms with Gasteiger partial charge in [-0.25, -0.2) is 0 Å². The quantitative estimate of drug-likeness (QED) is 0.0321. The largest absolute Gasteiger partial charge is 0.466 e. The second kappa shape index (κ2) is 60.4. The molecule has 0 aromatic carbocycles. The number of hydrogen-bond acceptors (Lipinski definition) is 5. The van der Waals surface area contributed by atoms with Crippen LogP contribution >= 0.6 is 0 Å². The molecular weight excluding hydrogens is 875 g/mol. The summed E-state index contributed by atoms with van der Waals surface area (Å²) in [7, 11) is 0. The summed E-state index contributed by atoms with van der Waals surface area (Å²) >= 11 is 0. The van der Waals surface area contributed by atoms with E-state index in [0.29, 0.717) is 19.4 Å². The lowest BCUT2D eigenvalue weighted by Crippen LogP contribution is -2.45. The van der Waals surface area contributed by atoms with Gasteiger partial charge < -0.3 is 20.3 Å². The molecule has 0 saturated heterocycles. The van der Waals surface area contributed by atoms with E-state index in [1.807, 2.05) is 6.08 Å². The normalized spacial score (nSPS) is 12.9. The molecule has 2 unspecified atom stereocenters. The number of esters is 1. The second-order valence-corrected chi connectivity index (χ2v) is 21.4. The number of amides is 1. The summed E-state index contributed by atoms with van der Waals surface area (Å²) in [6, 6.07) is -0.631. The summed E-state index contributed by atoms with van der Waals surface area (Å²) in [5.74, 6) is -0.0724. The van der Waals surface area contributed by atoms with Gasteiger partial charge in [0.2, 0.25) is 5.91 Å². The maximum Gasteiger partial charge on any atom is 0.305 e. The first-order valence-corrected chi connectivity index (χ1v) is 31.4. The predicted molar refractivity (Wildman–Crippen MR) is 310 cm³/mol. The zero-order chi connectivity index (χ0) is 51.4. The predicted octanol–water partition coefficient (Wildman–Crippen LogP) is 19.7. The van der Waals surface area contributed by atoms with E-state index in [1.165, 1.54) is 250 Å². The first-order chi connectivity index (χ1) is 35.0. The van der Waals surface area contributed by atoms with Gasteiger partial charge in [0, 0.05) is 12.8 Å². The van der Waals surface area contributed by atoms with Gasteiger partial charge in [0.25, 0.3) is 0 Å². The summed E-state index contributed by atoms with van der Waals surface area (Å²) in [4.78, 5) is 24.5. The summed E-state index contributed by atoms with van der Waals surface area (Å²) in [6.07, 6.45) is 77.2. The number of allylic oxidation sites excluding steroid dienone is 7. The van der Waals surface area contributed by atoms with Gasteiger partial charge in [-0.1, -0.05) is 281 Å². The van der Waals surface area contributed by atoms with Crippen molar-refractivity contribution in [2.75, 3.05) is 13.2 Å². The van der Waals surface area contributed by atoms with E-state index in [4.69, 9.17) is 4.74 Å². The van der Waals surface area contributed by atoms with Crippen molar-refractivity contribution >= 4 is 11.9 Å². The van der Waals surface area contributed by atoms with Crippen LogP contribution in [0.15, 0.2) is 48.6 Å². The minimum atomic E-state index is -0.847. The zero-order valence-corrected chi connectivity index (χ0v) is 47.5. The molecule has 6 nitrogen and oxygen atoms in total. The molecule has 0 aliphatic rings. The molecule has 2 atom stereocenters. The van der Waals surface area contributed by atoms with Gasteiger partial charge in [0.1, 0.15) is 0 Å². The van der Waals surface area contributed by atoms with Crippen molar-refractivity contribution in [1.29, 1.82) is 0 Å². The van der Waals surface area contributed by atoms with E-state index in [2.05, 4.69) is 55.6 Å². The Bertz CT molecular complexity index is 1190. The van der Waals surface area contributed by atoms with Crippen molar-refractivity contribution in [2.45, 2.75) is 341 Å². The SMILES string of the molecule is CCCC/C=C\C/C=C\CCCCCCCC(=O)OCCCCCCCCCCCCCC/C=C\CCCCCCCCCCCC(=O)NC(CO)C(O)/C=C/CCCCCCCCCCCCCCC. The third-order valence-corrected chi connectivity index (χ3v) is 14.3. The number of aliphatic hydroxyl groups excluding tert-OH is 2. The van der Waals surface area contributed by atoms with Crippen LogP contribution in [0.25, 0.3) is 0 Å². The van der Waals surface area contributed by atoms with E-state index >= 15 is 0 Å². The number of ether oxygens (including phenoxy) is 1. The summed E-state index contributed by atoms with van der Waals surface area (Å²) in [5, 5.41) is 23.1. The number of hydrogen-bond donors (Lipinski definition) is 3. The molecule has 3 N–H and O–H groups in total. The highest BCUT2D eigenvalue weighted by Crippen LogP contribution is 2.17. The van der Waals surface area contributed by atoms with Gasteiger partial charge in [-0.2, -0.15) is 0 Å². The Morgan fingerprint density at radius 2 is 0.718 bits per heavy atom. The van der Waals surface area contributed by atoms with Crippen LogP contribution < -0.4 is 5.32 Å². The minimum absolute atomic E-state index is 0.00196. The molecule has 0 aromatic heterocycles. The fraction of sp³-hybridized carbons (Fsp3) is 0.846. The van der Waals surface area contributed by atoms with Crippen molar-refractivity contribution in [3.8, 4) is 0 Å². The van der Waals surface area contributed by atoms with Gasteiger partial charge in [-0.15, -0.1) is 0 Å². The number of carbonyl (C=O) groups excluding carboxylic acids is 2. The van der Waals surface area contributed by atoms with Crippen molar-refractivity contribution in [1.82, 2.24) is 5.32 Å². The number of rotatable bonds is 58. The van der Waals surface area contributed by atoms with E-state index in [9.17, 15) is 19.8 Å². The van der Waals surface area contributed by atoms with Crippen LogP contribution in [0.2, 0.25) is 0 Å². The third-order valence-electron chi connectivity index (χ3n) is 14.3. The number of carbonyl (C=O) groups is 2.